The molecule has 2 bridgehead atoms. The maximum absolute atomic E-state index is 13.2. The molecular formula is C27H33N3O7S2. The second-order valence-electron chi connectivity index (χ2n) is 11.2. The highest BCUT2D eigenvalue weighted by molar-refractivity contribution is 7.89. The van der Waals surface area contributed by atoms with Gasteiger partial charge in [0.05, 0.1) is 21.8 Å². The van der Waals surface area contributed by atoms with Crippen molar-refractivity contribution in [1.82, 2.24) is 9.44 Å². The molecule has 5 rings (SSSR count). The Bertz CT molecular complexity index is 1570. The molecule has 39 heavy (non-hydrogen) atoms. The van der Waals surface area contributed by atoms with Crippen molar-refractivity contribution in [2.45, 2.75) is 62.3 Å². The zero-order valence-electron chi connectivity index (χ0n) is 22.1. The number of rotatable bonds is 9. The molecule has 2 fully saturated rings. The van der Waals surface area contributed by atoms with Crippen molar-refractivity contribution in [2.75, 3.05) is 13.2 Å². The number of nitrogens with one attached hydrogen (secondary N) is 2. The molecule has 12 heteroatoms. The van der Waals surface area contributed by atoms with Crippen LogP contribution in [0.1, 0.15) is 57.6 Å². The highest BCUT2D eigenvalue weighted by atomic mass is 32.2. The van der Waals surface area contributed by atoms with Crippen molar-refractivity contribution in [1.29, 1.82) is 0 Å². The monoisotopic (exact) mass is 575 g/mol. The largest absolute Gasteiger partial charge is 0.466 e. The number of hydrogen-bond acceptors (Lipinski definition) is 8. The van der Waals surface area contributed by atoms with Gasteiger partial charge in [0.1, 0.15) is 5.71 Å². The van der Waals surface area contributed by atoms with Gasteiger partial charge in [-0.15, -0.1) is 0 Å². The Morgan fingerprint density at radius 2 is 1.59 bits per heavy atom. The Kier molecular flexibility index (Phi) is 7.11. The van der Waals surface area contributed by atoms with E-state index in [1.807, 2.05) is 0 Å². The minimum absolute atomic E-state index is 0.0636. The van der Waals surface area contributed by atoms with Crippen molar-refractivity contribution in [3.8, 4) is 11.1 Å². The van der Waals surface area contributed by atoms with E-state index in [9.17, 15) is 26.8 Å². The van der Waals surface area contributed by atoms with E-state index >= 15 is 0 Å². The van der Waals surface area contributed by atoms with Crippen molar-refractivity contribution >= 4 is 31.7 Å². The van der Waals surface area contributed by atoms with Crippen LogP contribution >= 0.6 is 0 Å². The van der Waals surface area contributed by atoms with Gasteiger partial charge in [0, 0.05) is 23.7 Å². The summed E-state index contributed by atoms with van der Waals surface area (Å²) in [5.74, 6) is 0.434. The number of ether oxygens (including phenoxy) is 1. The molecular weight excluding hydrogens is 542 g/mol. The second-order valence-corrected chi connectivity index (χ2v) is 14.7. The lowest BCUT2D eigenvalue weighted by molar-refractivity contribution is -0.152. The number of hydrogen-bond donors (Lipinski definition) is 3. The first-order chi connectivity index (χ1) is 18.4. The van der Waals surface area contributed by atoms with Crippen LogP contribution in [-0.4, -0.2) is 52.9 Å². The van der Waals surface area contributed by atoms with Gasteiger partial charge in [-0.3, -0.25) is 4.79 Å². The quantitative estimate of drug-likeness (QED) is 0.201. The fourth-order valence-corrected chi connectivity index (χ4v) is 8.49. The maximum Gasteiger partial charge on any atom is 0.312 e. The Labute approximate surface area is 228 Å². The molecule has 2 aromatic rings. The van der Waals surface area contributed by atoms with E-state index in [0.717, 1.165) is 25.7 Å². The predicted molar refractivity (Wildman–Crippen MR) is 144 cm³/mol. The lowest BCUT2D eigenvalue weighted by atomic mass is 9.94. The van der Waals surface area contributed by atoms with Gasteiger partial charge in [-0.2, -0.15) is 0 Å². The van der Waals surface area contributed by atoms with Crippen molar-refractivity contribution in [3.63, 3.8) is 0 Å². The second kappa shape index (κ2) is 9.99. The highest BCUT2D eigenvalue weighted by Gasteiger charge is 2.41. The molecule has 0 heterocycles. The van der Waals surface area contributed by atoms with Gasteiger partial charge < -0.3 is 9.94 Å². The van der Waals surface area contributed by atoms with Crippen LogP contribution in [0.5, 0.6) is 0 Å². The summed E-state index contributed by atoms with van der Waals surface area (Å²) in [6, 6.07) is 8.96. The zero-order chi connectivity index (χ0) is 28.2. The SMILES string of the molecule is CCOC(=O)C(C)(C)CNS(=O)(=O)c1ccc2c(c1)/C(=N/O)c1cc(S(=O)(=O)NC3CC4CCC3C4)ccc1-2. The van der Waals surface area contributed by atoms with E-state index in [-0.39, 0.29) is 34.7 Å². The van der Waals surface area contributed by atoms with E-state index in [4.69, 9.17) is 4.74 Å². The number of carbonyl (C=O) groups is 1. The van der Waals surface area contributed by atoms with Gasteiger partial charge in [-0.1, -0.05) is 23.7 Å². The van der Waals surface area contributed by atoms with Gasteiger partial charge in [-0.25, -0.2) is 26.3 Å². The third-order valence-corrected chi connectivity index (χ3v) is 11.0. The lowest BCUT2D eigenvalue weighted by Gasteiger charge is -2.22. The van der Waals surface area contributed by atoms with E-state index < -0.39 is 31.4 Å². The van der Waals surface area contributed by atoms with Gasteiger partial charge in [0.25, 0.3) is 0 Å². The standard InChI is InChI=1S/C27H33N3O7S2/c1-4-37-26(31)27(2,3)15-28-38(33,34)18-7-9-20-21-10-8-19(14-23(21)25(29-32)22(20)13-18)39(35,36)30-24-12-16-5-6-17(24)11-16/h7-10,13-14,16-17,24,28,30,32H,4-6,11-12,15H2,1-3H3/b29-25-. The van der Waals surface area contributed by atoms with E-state index in [2.05, 4.69) is 14.6 Å². The van der Waals surface area contributed by atoms with Crippen molar-refractivity contribution in [3.05, 3.63) is 47.5 Å². The normalized spacial score (nSPS) is 23.2. The third-order valence-electron chi connectivity index (χ3n) is 8.08. The molecule has 0 aromatic heterocycles. The number of oxime groups is 1. The molecule has 0 spiro atoms. The van der Waals surface area contributed by atoms with Crippen LogP contribution in [0, 0.1) is 17.3 Å². The van der Waals surface area contributed by atoms with E-state index in [1.54, 1.807) is 32.9 Å². The van der Waals surface area contributed by atoms with Gasteiger partial charge in [-0.05, 0) is 87.3 Å². The van der Waals surface area contributed by atoms with Crippen LogP contribution in [0.15, 0.2) is 51.3 Å². The minimum atomic E-state index is -4.03. The van der Waals surface area contributed by atoms with Crippen LogP contribution < -0.4 is 9.44 Å². The zero-order valence-corrected chi connectivity index (χ0v) is 23.7. The van der Waals surface area contributed by atoms with Gasteiger partial charge >= 0.3 is 5.97 Å². The minimum Gasteiger partial charge on any atom is -0.466 e. The van der Waals surface area contributed by atoms with E-state index in [1.165, 1.54) is 24.3 Å². The number of fused-ring (bicyclic) bond motifs is 5. The van der Waals surface area contributed by atoms with Crippen LogP contribution in [0.2, 0.25) is 0 Å². The summed E-state index contributed by atoms with van der Waals surface area (Å²) in [6.45, 7) is 4.85. The average Bonchev–Trinajstić information content (AvgIpc) is 3.59. The summed E-state index contributed by atoms with van der Waals surface area (Å²) >= 11 is 0. The Morgan fingerprint density at radius 1 is 0.974 bits per heavy atom. The topological polar surface area (TPSA) is 151 Å². The summed E-state index contributed by atoms with van der Waals surface area (Å²) < 4.78 is 63.0. The predicted octanol–water partition coefficient (Wildman–Crippen LogP) is 3.23. The fraction of sp³-hybridized carbons (Fsp3) is 0.481. The number of sulfonamides is 2. The molecule has 3 N–H and O–H groups in total. The molecule has 10 nitrogen and oxygen atoms in total. The summed E-state index contributed by atoms with van der Waals surface area (Å²) in [5, 5.41) is 13.3. The van der Waals surface area contributed by atoms with Crippen molar-refractivity contribution < 1.29 is 31.6 Å². The first-order valence-electron chi connectivity index (χ1n) is 13.1. The molecule has 3 aliphatic rings. The molecule has 2 saturated carbocycles. The Hall–Kier alpha value is -2.80. The van der Waals surface area contributed by atoms with E-state index in [0.29, 0.717) is 34.1 Å². The van der Waals surface area contributed by atoms with Crippen molar-refractivity contribution in [2.24, 2.45) is 22.4 Å². The molecule has 0 saturated heterocycles. The number of carbonyl (C=O) groups excluding carboxylic acids is 1. The van der Waals surface area contributed by atoms with Crippen LogP contribution in [0.25, 0.3) is 11.1 Å². The smallest absolute Gasteiger partial charge is 0.312 e. The Morgan fingerprint density at radius 3 is 2.10 bits per heavy atom. The average molecular weight is 576 g/mol. The first-order valence-corrected chi connectivity index (χ1v) is 16.0. The highest BCUT2D eigenvalue weighted by Crippen LogP contribution is 2.45. The molecule has 3 atom stereocenters. The first kappa shape index (κ1) is 27.8. The third kappa shape index (κ3) is 5.10. The summed E-state index contributed by atoms with van der Waals surface area (Å²) in [6.07, 6.45) is 4.12. The van der Waals surface area contributed by atoms with Crippen LogP contribution in [-0.2, 0) is 29.6 Å². The summed E-state index contributed by atoms with van der Waals surface area (Å²) in [7, 11) is -7.83. The summed E-state index contributed by atoms with van der Waals surface area (Å²) in [4.78, 5) is 12.1. The summed E-state index contributed by atoms with van der Waals surface area (Å²) in [5.41, 5.74) is 1.01. The van der Waals surface area contributed by atoms with Crippen LogP contribution in [0.3, 0.4) is 0 Å². The molecule has 0 radical (unpaired) electrons. The maximum atomic E-state index is 13.2. The number of benzene rings is 2. The molecule has 3 unspecified atom stereocenters. The molecule has 0 aliphatic heterocycles. The molecule has 3 aliphatic carbocycles. The lowest BCUT2D eigenvalue weighted by Crippen LogP contribution is -2.40. The van der Waals surface area contributed by atoms with Gasteiger partial charge in [0.15, 0.2) is 0 Å². The number of nitrogens with zero attached hydrogens (tertiary/aromatic N) is 1. The molecule has 210 valence electrons. The number of esters is 1. The molecule has 0 amide bonds. The Balaban J connectivity index is 1.39. The van der Waals surface area contributed by atoms with Gasteiger partial charge in [0.2, 0.25) is 20.0 Å². The fourth-order valence-electron chi connectivity index (χ4n) is 5.91. The molecule has 2 aromatic carbocycles. The van der Waals surface area contributed by atoms with Crippen LogP contribution in [0.4, 0.5) is 0 Å².